The highest BCUT2D eigenvalue weighted by Gasteiger charge is 2.31. The second kappa shape index (κ2) is 8.46. The first-order valence-corrected chi connectivity index (χ1v) is 11.9. The highest BCUT2D eigenvalue weighted by molar-refractivity contribution is 7.04. The smallest absolute Gasteiger partial charge is 0.226 e. The van der Waals surface area contributed by atoms with E-state index in [1.807, 2.05) is 32.2 Å². The number of nitrogens with two attached hydrogens (primary N) is 1. The standard InChI is InChI=1S/C18H26N3O4Si/c1-4-7-13(20-15(22)10-11-26(2,3)18(19)24)16(23)17-21-12-8-5-6-9-14(12)25-17/h5-6,8-10,13,16,23H,4,7,11H2,1-3H3,(H2,19,24)(H,20,22)/t13-,16?/m1/s1. The molecule has 8 heteroatoms. The third kappa shape index (κ3) is 4.92. The lowest BCUT2D eigenvalue weighted by Gasteiger charge is -2.23. The Morgan fingerprint density at radius 2 is 2.08 bits per heavy atom. The summed E-state index contributed by atoms with van der Waals surface area (Å²) in [6, 6.07) is 7.06. The number of rotatable bonds is 9. The predicted octanol–water partition coefficient (Wildman–Crippen LogP) is 2.72. The van der Waals surface area contributed by atoms with Crippen LogP contribution < -0.4 is 11.1 Å². The zero-order chi connectivity index (χ0) is 19.3. The fraction of sp³-hybridized carbons (Fsp3) is 0.444. The average Bonchev–Trinajstić information content (AvgIpc) is 3.03. The molecule has 4 N–H and O–H groups in total. The summed E-state index contributed by atoms with van der Waals surface area (Å²) in [6.07, 6.45) is 1.72. The molecular formula is C18H26N3O4Si. The minimum Gasteiger partial charge on any atom is -0.438 e. The number of hydrogen-bond acceptors (Lipinski definition) is 5. The molecule has 0 aliphatic rings. The summed E-state index contributed by atoms with van der Waals surface area (Å²) in [4.78, 5) is 28.0. The molecule has 2 atom stereocenters. The molecule has 0 fully saturated rings. The van der Waals surface area contributed by atoms with Gasteiger partial charge in [-0.3, -0.25) is 9.59 Å². The van der Waals surface area contributed by atoms with Crippen molar-refractivity contribution in [2.45, 2.75) is 51.0 Å². The van der Waals surface area contributed by atoms with E-state index in [1.54, 1.807) is 12.1 Å². The lowest BCUT2D eigenvalue weighted by molar-refractivity contribution is -0.119. The number of benzene rings is 1. The van der Waals surface area contributed by atoms with Gasteiger partial charge in [0, 0.05) is 6.42 Å². The number of primary amides is 1. The number of nitrogens with zero attached hydrogens (tertiary/aromatic N) is 1. The van der Waals surface area contributed by atoms with E-state index in [1.165, 1.54) is 6.42 Å². The van der Waals surface area contributed by atoms with Crippen molar-refractivity contribution in [3.63, 3.8) is 0 Å². The maximum Gasteiger partial charge on any atom is 0.226 e. The van der Waals surface area contributed by atoms with Crippen LogP contribution >= 0.6 is 0 Å². The number of para-hydroxylation sites is 2. The minimum absolute atomic E-state index is 0.178. The number of hydrogen-bond donors (Lipinski definition) is 3. The largest absolute Gasteiger partial charge is 0.438 e. The first-order chi connectivity index (χ1) is 12.2. The van der Waals surface area contributed by atoms with Gasteiger partial charge in [0.15, 0.2) is 25.3 Å². The SMILES string of the molecule is CCC[C@@H](NC(=O)[CH]C[Si](C)(C)C(N)=O)C(O)c1nc2ccccc2o1. The van der Waals surface area contributed by atoms with Gasteiger partial charge in [0.25, 0.3) is 0 Å². The van der Waals surface area contributed by atoms with Crippen LogP contribution in [0.3, 0.4) is 0 Å². The monoisotopic (exact) mass is 376 g/mol. The minimum atomic E-state index is -2.30. The number of carbonyl (C=O) groups excluding carboxylic acids is 2. The van der Waals surface area contributed by atoms with Gasteiger partial charge in [0.2, 0.25) is 11.8 Å². The zero-order valence-corrected chi connectivity index (χ0v) is 16.4. The van der Waals surface area contributed by atoms with Crippen molar-refractivity contribution < 1.29 is 19.1 Å². The van der Waals surface area contributed by atoms with Crippen molar-refractivity contribution in [1.29, 1.82) is 0 Å². The van der Waals surface area contributed by atoms with Gasteiger partial charge in [-0.2, -0.15) is 0 Å². The summed E-state index contributed by atoms with van der Waals surface area (Å²) in [6.45, 7) is 5.59. The zero-order valence-electron chi connectivity index (χ0n) is 15.4. The topological polar surface area (TPSA) is 118 Å². The van der Waals surface area contributed by atoms with Gasteiger partial charge in [-0.25, -0.2) is 4.98 Å². The van der Waals surface area contributed by atoms with Crippen molar-refractivity contribution in [3.05, 3.63) is 36.6 Å². The summed E-state index contributed by atoms with van der Waals surface area (Å²) in [5, 5.41) is 13.4. The number of aliphatic hydroxyl groups excluding tert-OH is 1. The molecule has 1 heterocycles. The Kier molecular flexibility index (Phi) is 6.55. The summed E-state index contributed by atoms with van der Waals surface area (Å²) in [7, 11) is -2.30. The Labute approximate surface area is 154 Å². The molecular weight excluding hydrogens is 350 g/mol. The van der Waals surface area contributed by atoms with Crippen molar-refractivity contribution in [2.75, 3.05) is 0 Å². The van der Waals surface area contributed by atoms with E-state index >= 15 is 0 Å². The number of aromatic nitrogens is 1. The quantitative estimate of drug-likeness (QED) is 0.582. The van der Waals surface area contributed by atoms with E-state index in [-0.39, 0.29) is 17.3 Å². The highest BCUT2D eigenvalue weighted by atomic mass is 28.3. The highest BCUT2D eigenvalue weighted by Crippen LogP contribution is 2.24. The van der Waals surface area contributed by atoms with E-state index in [0.29, 0.717) is 23.6 Å². The Hall–Kier alpha value is -2.19. The van der Waals surface area contributed by atoms with Gasteiger partial charge >= 0.3 is 0 Å². The van der Waals surface area contributed by atoms with Crippen molar-refractivity contribution >= 4 is 30.6 Å². The first kappa shape index (κ1) is 20.1. The maximum absolute atomic E-state index is 12.2. The molecule has 1 aromatic carbocycles. The van der Waals surface area contributed by atoms with Crippen LogP contribution in [-0.4, -0.2) is 35.6 Å². The van der Waals surface area contributed by atoms with E-state index in [2.05, 4.69) is 10.3 Å². The molecule has 2 aromatic rings. The molecule has 2 rings (SSSR count). The first-order valence-electron chi connectivity index (χ1n) is 8.71. The summed E-state index contributed by atoms with van der Waals surface area (Å²) in [5.74, 6) is -0.155. The summed E-state index contributed by atoms with van der Waals surface area (Å²) >= 11 is 0. The molecule has 1 unspecified atom stereocenters. The molecule has 0 bridgehead atoms. The molecule has 1 aromatic heterocycles. The van der Waals surface area contributed by atoms with Crippen LogP contribution in [0.25, 0.3) is 11.1 Å². The molecule has 2 amide bonds. The average molecular weight is 377 g/mol. The van der Waals surface area contributed by atoms with Crippen LogP contribution in [-0.2, 0) is 4.79 Å². The molecule has 0 saturated heterocycles. The number of nitrogens with one attached hydrogen (secondary N) is 1. The fourth-order valence-corrected chi connectivity index (χ4v) is 3.40. The van der Waals surface area contributed by atoms with Gasteiger partial charge in [0.05, 0.1) is 6.04 Å². The van der Waals surface area contributed by atoms with Gasteiger partial charge in [-0.05, 0) is 24.6 Å². The molecule has 7 nitrogen and oxygen atoms in total. The Bertz CT molecular complexity index is 742. The molecule has 0 aliphatic carbocycles. The van der Waals surface area contributed by atoms with Crippen LogP contribution in [0.5, 0.6) is 0 Å². The fourth-order valence-electron chi connectivity index (χ4n) is 2.50. The molecule has 1 radical (unpaired) electrons. The van der Waals surface area contributed by atoms with Crippen LogP contribution in [0.2, 0.25) is 19.1 Å². The number of oxazole rings is 1. The van der Waals surface area contributed by atoms with Crippen LogP contribution in [0.4, 0.5) is 4.79 Å². The van der Waals surface area contributed by atoms with Crippen molar-refractivity contribution in [2.24, 2.45) is 5.73 Å². The maximum atomic E-state index is 12.2. The molecule has 0 aliphatic heterocycles. The van der Waals surface area contributed by atoms with Gasteiger partial charge < -0.3 is 20.6 Å². The second-order valence-electron chi connectivity index (χ2n) is 7.02. The molecule has 26 heavy (non-hydrogen) atoms. The second-order valence-corrected chi connectivity index (χ2v) is 11.7. The molecule has 0 spiro atoms. The lowest BCUT2D eigenvalue weighted by atomic mass is 10.1. The van der Waals surface area contributed by atoms with Gasteiger partial charge in [-0.15, -0.1) is 0 Å². The third-order valence-corrected chi connectivity index (χ3v) is 6.90. The van der Waals surface area contributed by atoms with E-state index in [0.717, 1.165) is 6.42 Å². The van der Waals surface area contributed by atoms with Crippen LogP contribution in [0.15, 0.2) is 28.7 Å². The van der Waals surface area contributed by atoms with Crippen molar-refractivity contribution in [1.82, 2.24) is 10.3 Å². The van der Waals surface area contributed by atoms with Crippen molar-refractivity contribution in [3.8, 4) is 0 Å². The van der Waals surface area contributed by atoms with E-state index < -0.39 is 20.2 Å². The Morgan fingerprint density at radius 3 is 2.69 bits per heavy atom. The van der Waals surface area contributed by atoms with E-state index in [9.17, 15) is 14.7 Å². The van der Waals surface area contributed by atoms with E-state index in [4.69, 9.17) is 10.2 Å². The van der Waals surface area contributed by atoms with Crippen LogP contribution in [0.1, 0.15) is 31.8 Å². The van der Waals surface area contributed by atoms with Gasteiger partial charge in [0.1, 0.15) is 5.52 Å². The normalized spacial score (nSPS) is 14.2. The summed E-state index contributed by atoms with van der Waals surface area (Å²) in [5.41, 5.74) is 6.29. The number of aliphatic hydroxyl groups is 1. The number of amides is 2. The molecule has 0 saturated carbocycles. The predicted molar refractivity (Wildman–Crippen MR) is 102 cm³/mol. The Morgan fingerprint density at radius 1 is 1.38 bits per heavy atom. The van der Waals surface area contributed by atoms with Gasteiger partial charge in [-0.1, -0.05) is 38.6 Å². The Balaban J connectivity index is 2.05. The third-order valence-electron chi connectivity index (χ3n) is 4.34. The number of fused-ring (bicyclic) bond motifs is 1. The summed E-state index contributed by atoms with van der Waals surface area (Å²) < 4.78 is 5.61. The van der Waals surface area contributed by atoms with Crippen LogP contribution in [0, 0.1) is 6.42 Å². The lowest BCUT2D eigenvalue weighted by Crippen LogP contribution is -2.44. The number of carbonyl (C=O) groups is 2. The molecule has 141 valence electrons.